The fraction of sp³-hybridized carbons (Fsp3) is 0.381. The predicted octanol–water partition coefficient (Wildman–Crippen LogP) is 8.67. The average Bonchev–Trinajstić information content (AvgIpc) is 3.92. The first kappa shape index (κ1) is 34.6. The van der Waals surface area contributed by atoms with Crippen molar-refractivity contribution in [2.45, 2.75) is 58.3 Å². The lowest BCUT2D eigenvalue weighted by atomic mass is 9.88. The van der Waals surface area contributed by atoms with E-state index in [9.17, 15) is 9.18 Å². The topological polar surface area (TPSA) is 94.5 Å². The summed E-state index contributed by atoms with van der Waals surface area (Å²) in [5.41, 5.74) is 11.1. The number of nitrogens with one attached hydrogen (secondary N) is 3. The Morgan fingerprint density at radius 2 is 1.71 bits per heavy atom. The smallest absolute Gasteiger partial charge is 0.227 e. The third kappa shape index (κ3) is 7.89. The van der Waals surface area contributed by atoms with Gasteiger partial charge in [-0.3, -0.25) is 19.8 Å². The molecule has 2 aliphatic carbocycles. The van der Waals surface area contributed by atoms with Crippen molar-refractivity contribution in [3.8, 4) is 22.3 Å². The Bertz CT molecular complexity index is 1980. The van der Waals surface area contributed by atoms with Gasteiger partial charge in [0.1, 0.15) is 5.82 Å². The number of likely N-dealkylation sites (N-methyl/N-ethyl adjacent to an activating group) is 1. The minimum atomic E-state index is -0.294. The van der Waals surface area contributed by atoms with Crippen LogP contribution in [0.4, 0.5) is 21.5 Å². The van der Waals surface area contributed by atoms with Gasteiger partial charge in [-0.25, -0.2) is 4.39 Å². The maximum atomic E-state index is 14.8. The molecule has 0 unspecified atom stereocenters. The molecule has 0 saturated heterocycles. The molecule has 9 heteroatoms. The molecular formula is C42H48FN7O. The quantitative estimate of drug-likeness (QED) is 0.146. The van der Waals surface area contributed by atoms with Gasteiger partial charge >= 0.3 is 0 Å². The molecule has 4 aromatic rings. The highest BCUT2D eigenvalue weighted by Gasteiger charge is 2.42. The number of anilines is 3. The van der Waals surface area contributed by atoms with Crippen LogP contribution in [0.3, 0.4) is 0 Å². The van der Waals surface area contributed by atoms with Gasteiger partial charge < -0.3 is 20.9 Å². The normalized spacial score (nSPS) is 18.7. The van der Waals surface area contributed by atoms with Crippen LogP contribution in [0.25, 0.3) is 22.3 Å². The third-order valence-electron chi connectivity index (χ3n) is 10.6. The molecule has 7 rings (SSSR count). The highest BCUT2D eigenvalue weighted by atomic mass is 19.1. The van der Waals surface area contributed by atoms with Crippen molar-refractivity contribution in [1.82, 2.24) is 14.9 Å². The number of benzene rings is 2. The van der Waals surface area contributed by atoms with Crippen molar-refractivity contribution in [1.29, 1.82) is 0 Å². The first-order valence-electron chi connectivity index (χ1n) is 18.3. The first-order chi connectivity index (χ1) is 24.8. The van der Waals surface area contributed by atoms with Gasteiger partial charge in [-0.2, -0.15) is 0 Å². The second-order valence-corrected chi connectivity index (χ2v) is 14.5. The molecule has 2 saturated carbocycles. The number of aromatic nitrogens is 2. The number of rotatable bonds is 11. The van der Waals surface area contributed by atoms with E-state index in [-0.39, 0.29) is 17.6 Å². The van der Waals surface area contributed by atoms with Crippen LogP contribution in [0.2, 0.25) is 0 Å². The molecule has 3 N–H and O–H groups in total. The van der Waals surface area contributed by atoms with Crippen LogP contribution in [0.15, 0.2) is 84.0 Å². The van der Waals surface area contributed by atoms with Crippen molar-refractivity contribution in [2.24, 2.45) is 16.8 Å². The Kier molecular flexibility index (Phi) is 10.3. The lowest BCUT2D eigenvalue weighted by Crippen LogP contribution is -2.24. The summed E-state index contributed by atoms with van der Waals surface area (Å²) in [6, 6.07) is 13.7. The van der Waals surface area contributed by atoms with Crippen molar-refractivity contribution in [2.75, 3.05) is 49.7 Å². The summed E-state index contributed by atoms with van der Waals surface area (Å²) in [5.74, 6) is 0.918. The zero-order valence-electron chi connectivity index (χ0n) is 30.1. The Morgan fingerprint density at radius 3 is 2.51 bits per heavy atom. The minimum absolute atomic E-state index is 0.0767. The van der Waals surface area contributed by atoms with E-state index in [1.807, 2.05) is 52.5 Å². The van der Waals surface area contributed by atoms with Crippen LogP contribution in [0.1, 0.15) is 68.1 Å². The summed E-state index contributed by atoms with van der Waals surface area (Å²) in [6.45, 7) is 6.39. The Labute approximate surface area is 300 Å². The van der Waals surface area contributed by atoms with E-state index < -0.39 is 0 Å². The number of aliphatic imine (C=N–C) groups is 1. The van der Waals surface area contributed by atoms with Gasteiger partial charge in [0, 0.05) is 60.3 Å². The van der Waals surface area contributed by atoms with E-state index in [0.29, 0.717) is 18.4 Å². The number of pyridine rings is 2. The zero-order valence-corrected chi connectivity index (χ0v) is 30.1. The third-order valence-corrected chi connectivity index (χ3v) is 10.6. The average molecular weight is 686 g/mol. The summed E-state index contributed by atoms with van der Waals surface area (Å²) in [4.78, 5) is 29.4. The van der Waals surface area contributed by atoms with E-state index in [0.717, 1.165) is 107 Å². The predicted molar refractivity (Wildman–Crippen MR) is 206 cm³/mol. The molecule has 1 amide bonds. The summed E-state index contributed by atoms with van der Waals surface area (Å²) < 4.78 is 14.8. The summed E-state index contributed by atoms with van der Waals surface area (Å²) in [6.07, 6.45) is 15.8. The molecule has 3 aliphatic rings. The molecular weight excluding hydrogens is 638 g/mol. The summed E-state index contributed by atoms with van der Waals surface area (Å²) >= 11 is 0. The number of carbonyl (C=O) groups excluding carboxylic acids is 1. The Morgan fingerprint density at radius 1 is 0.902 bits per heavy atom. The molecule has 51 heavy (non-hydrogen) atoms. The Balaban J connectivity index is 1.16. The molecule has 0 spiro atoms. The van der Waals surface area contributed by atoms with Crippen LogP contribution >= 0.6 is 0 Å². The number of nitrogens with zero attached hydrogens (tertiary/aromatic N) is 4. The number of halogens is 1. The van der Waals surface area contributed by atoms with Crippen molar-refractivity contribution in [3.63, 3.8) is 0 Å². The fourth-order valence-electron chi connectivity index (χ4n) is 7.52. The molecule has 2 aromatic carbocycles. The second kappa shape index (κ2) is 15.2. The van der Waals surface area contributed by atoms with E-state index in [4.69, 9.17) is 4.99 Å². The molecule has 264 valence electrons. The SMILES string of the molecule is C/C=C(/Nc1cncc(-c2cc(F)cc(NCCN(C)C)c2)c1C)C1=NC[C@H]2C[C@@H]2c2ccc(-c3cncc(NC(=O)C4CCCCC4)c3)cc21. The van der Waals surface area contributed by atoms with Gasteiger partial charge in [0.25, 0.3) is 0 Å². The van der Waals surface area contributed by atoms with Crippen molar-refractivity contribution < 1.29 is 9.18 Å². The van der Waals surface area contributed by atoms with E-state index in [1.54, 1.807) is 18.5 Å². The summed E-state index contributed by atoms with van der Waals surface area (Å²) in [5, 5.41) is 10.1. The van der Waals surface area contributed by atoms with Gasteiger partial charge in [0.15, 0.2) is 0 Å². The number of hydrogen-bond donors (Lipinski definition) is 3. The van der Waals surface area contributed by atoms with Crippen molar-refractivity contribution in [3.05, 3.63) is 102 Å². The molecule has 0 bridgehead atoms. The lowest BCUT2D eigenvalue weighted by molar-refractivity contribution is -0.120. The number of hydrogen-bond acceptors (Lipinski definition) is 7. The van der Waals surface area contributed by atoms with Crippen LogP contribution in [0.5, 0.6) is 0 Å². The van der Waals surface area contributed by atoms with Gasteiger partial charge in [-0.15, -0.1) is 0 Å². The standard InChI is InChI=1S/C42H48FN7O/c1-5-39(49-40-25-45-24-38(26(40)2)29-15-32(43)20-33(16-29)46-13-14-50(3)4)41-37-18-28(11-12-35(37)36-19-31(36)22-47-41)30-17-34(23-44-21-30)48-42(51)27-9-7-6-8-10-27/h5,11-12,15-18,20-21,23-25,27,31,36,46,49H,6-10,13-14,19,22H2,1-4H3,(H,48,51)/b39-5+/t31-,36+/m1/s1. The number of allylic oxidation sites excluding steroid dienone is 2. The molecule has 8 nitrogen and oxygen atoms in total. The Hall–Kier alpha value is -4.89. The van der Waals surface area contributed by atoms with Gasteiger partial charge in [-0.1, -0.05) is 37.5 Å². The van der Waals surface area contributed by atoms with Crippen LogP contribution in [0, 0.1) is 24.6 Å². The maximum Gasteiger partial charge on any atom is 0.227 e. The van der Waals surface area contributed by atoms with Crippen LogP contribution in [-0.4, -0.2) is 60.2 Å². The van der Waals surface area contributed by atoms with E-state index >= 15 is 0 Å². The number of carbonyl (C=O) groups is 1. The first-order valence-corrected chi connectivity index (χ1v) is 18.3. The summed E-state index contributed by atoms with van der Waals surface area (Å²) in [7, 11) is 4.03. The van der Waals surface area contributed by atoms with Gasteiger partial charge in [0.2, 0.25) is 5.91 Å². The number of fused-ring (bicyclic) bond motifs is 3. The highest BCUT2D eigenvalue weighted by Crippen LogP contribution is 2.51. The maximum absolute atomic E-state index is 14.8. The highest BCUT2D eigenvalue weighted by molar-refractivity contribution is 6.16. The second-order valence-electron chi connectivity index (χ2n) is 14.5. The van der Waals surface area contributed by atoms with E-state index in [1.165, 1.54) is 18.1 Å². The van der Waals surface area contributed by atoms with Gasteiger partial charge in [0.05, 0.1) is 35.2 Å². The fourth-order valence-corrected chi connectivity index (χ4v) is 7.52. The van der Waals surface area contributed by atoms with Gasteiger partial charge in [-0.05, 0) is 112 Å². The number of amides is 1. The molecule has 1 aliphatic heterocycles. The molecule has 2 fully saturated rings. The van der Waals surface area contributed by atoms with E-state index in [2.05, 4.69) is 55.1 Å². The largest absolute Gasteiger partial charge is 0.384 e. The van der Waals surface area contributed by atoms with Crippen LogP contribution in [-0.2, 0) is 4.79 Å². The molecule has 0 radical (unpaired) electrons. The molecule has 2 atom stereocenters. The van der Waals surface area contributed by atoms with Crippen molar-refractivity contribution >= 4 is 28.7 Å². The monoisotopic (exact) mass is 685 g/mol. The molecule has 3 heterocycles. The lowest BCUT2D eigenvalue weighted by Gasteiger charge is -2.21. The minimum Gasteiger partial charge on any atom is -0.384 e. The van der Waals surface area contributed by atoms with Crippen LogP contribution < -0.4 is 16.0 Å². The molecule has 2 aromatic heterocycles. The zero-order chi connectivity index (χ0) is 35.5.